The Bertz CT molecular complexity index is 1540. The number of hydrogen-bond acceptors (Lipinski definition) is 2. The fourth-order valence-electron chi connectivity index (χ4n) is 4.46. The fraction of sp³-hybridized carbons (Fsp3) is 0. The van der Waals surface area contributed by atoms with Gasteiger partial charge in [0.05, 0.1) is 5.56 Å². The van der Waals surface area contributed by atoms with Gasteiger partial charge in [-0.1, -0.05) is 60.7 Å². The lowest BCUT2D eigenvalue weighted by Crippen LogP contribution is -1.87. The van der Waals surface area contributed by atoms with Gasteiger partial charge in [-0.05, 0) is 73.3 Å². The molecule has 30 heavy (non-hydrogen) atoms. The predicted octanol–water partition coefficient (Wildman–Crippen LogP) is 7.18. The van der Waals surface area contributed by atoms with Crippen LogP contribution in [0.15, 0.2) is 97.3 Å². The third kappa shape index (κ3) is 2.53. The molecule has 0 amide bonds. The molecule has 0 saturated carbocycles. The molecule has 138 valence electrons. The van der Waals surface area contributed by atoms with E-state index in [0.29, 0.717) is 5.56 Å². The van der Waals surface area contributed by atoms with Gasteiger partial charge in [-0.3, -0.25) is 4.98 Å². The van der Waals surface area contributed by atoms with E-state index in [4.69, 9.17) is 0 Å². The molecule has 0 unspecified atom stereocenters. The molecular weight excluding hydrogens is 364 g/mol. The van der Waals surface area contributed by atoms with E-state index in [1.807, 2.05) is 6.07 Å². The summed E-state index contributed by atoms with van der Waals surface area (Å²) in [5.41, 5.74) is 4.92. The largest absolute Gasteiger partial charge is 0.263 e. The van der Waals surface area contributed by atoms with Crippen molar-refractivity contribution in [1.82, 2.24) is 4.98 Å². The summed E-state index contributed by atoms with van der Waals surface area (Å²) in [7, 11) is 0. The Balaban J connectivity index is 1.56. The molecule has 0 aliphatic carbocycles. The molecule has 0 atom stereocenters. The highest BCUT2D eigenvalue weighted by molar-refractivity contribution is 6.23. The van der Waals surface area contributed by atoms with E-state index in [9.17, 15) is 5.26 Å². The van der Waals surface area contributed by atoms with Crippen LogP contribution in [0.3, 0.4) is 0 Å². The number of pyridine rings is 1. The molecule has 6 aromatic rings. The quantitative estimate of drug-likeness (QED) is 0.298. The minimum absolute atomic E-state index is 0.570. The zero-order valence-electron chi connectivity index (χ0n) is 16.1. The van der Waals surface area contributed by atoms with Crippen LogP contribution in [0.1, 0.15) is 5.56 Å². The van der Waals surface area contributed by atoms with Crippen molar-refractivity contribution in [3.8, 4) is 28.3 Å². The van der Waals surface area contributed by atoms with E-state index in [2.05, 4.69) is 89.9 Å². The van der Waals surface area contributed by atoms with E-state index in [1.54, 1.807) is 12.4 Å². The first-order valence-electron chi connectivity index (χ1n) is 9.94. The molecule has 0 fully saturated rings. The molecule has 0 aliphatic rings. The van der Waals surface area contributed by atoms with Gasteiger partial charge in [0.15, 0.2) is 0 Å². The van der Waals surface area contributed by atoms with Crippen LogP contribution < -0.4 is 0 Å². The van der Waals surface area contributed by atoms with Gasteiger partial charge in [0.1, 0.15) is 6.07 Å². The smallest absolute Gasteiger partial charge is 0.101 e. The highest BCUT2D eigenvalue weighted by Crippen LogP contribution is 2.37. The van der Waals surface area contributed by atoms with Gasteiger partial charge in [0.25, 0.3) is 0 Å². The SMILES string of the molecule is N#Cc1cncc(-c2cccc(-c3cc4ccc5cccc6ccc(c3)c4c56)c2)c1. The van der Waals surface area contributed by atoms with Gasteiger partial charge >= 0.3 is 0 Å². The fourth-order valence-corrected chi connectivity index (χ4v) is 4.46. The lowest BCUT2D eigenvalue weighted by molar-refractivity contribution is 1.30. The molecule has 5 aromatic carbocycles. The summed E-state index contributed by atoms with van der Waals surface area (Å²) in [6.45, 7) is 0. The van der Waals surface area contributed by atoms with Crippen molar-refractivity contribution in [3.63, 3.8) is 0 Å². The van der Waals surface area contributed by atoms with Gasteiger partial charge in [0, 0.05) is 18.0 Å². The minimum atomic E-state index is 0.570. The zero-order chi connectivity index (χ0) is 20.1. The number of nitriles is 1. The van der Waals surface area contributed by atoms with Crippen molar-refractivity contribution in [2.45, 2.75) is 0 Å². The van der Waals surface area contributed by atoms with Crippen molar-refractivity contribution in [3.05, 3.63) is 103 Å². The second kappa shape index (κ2) is 6.40. The van der Waals surface area contributed by atoms with E-state index in [0.717, 1.165) is 16.7 Å². The van der Waals surface area contributed by atoms with Crippen molar-refractivity contribution >= 4 is 32.3 Å². The maximum atomic E-state index is 9.18. The summed E-state index contributed by atoms with van der Waals surface area (Å²) < 4.78 is 0. The first-order valence-corrected chi connectivity index (χ1v) is 9.94. The Labute approximate surface area is 174 Å². The van der Waals surface area contributed by atoms with Gasteiger partial charge in [-0.15, -0.1) is 0 Å². The highest BCUT2D eigenvalue weighted by atomic mass is 14.6. The first kappa shape index (κ1) is 16.7. The Morgan fingerprint density at radius 2 is 1.13 bits per heavy atom. The van der Waals surface area contributed by atoms with E-state index < -0.39 is 0 Å². The third-order valence-electron chi connectivity index (χ3n) is 5.86. The average molecular weight is 380 g/mol. The molecule has 0 saturated heterocycles. The molecule has 1 aromatic heterocycles. The zero-order valence-corrected chi connectivity index (χ0v) is 16.1. The third-order valence-corrected chi connectivity index (χ3v) is 5.86. The summed E-state index contributed by atoms with van der Waals surface area (Å²) in [5, 5.41) is 16.9. The first-order chi connectivity index (χ1) is 14.8. The van der Waals surface area contributed by atoms with Crippen LogP contribution >= 0.6 is 0 Å². The van der Waals surface area contributed by atoms with Crippen molar-refractivity contribution < 1.29 is 0 Å². The van der Waals surface area contributed by atoms with Crippen LogP contribution in [0.4, 0.5) is 0 Å². The Kier molecular flexibility index (Phi) is 3.57. The minimum Gasteiger partial charge on any atom is -0.263 e. The Morgan fingerprint density at radius 3 is 1.83 bits per heavy atom. The number of hydrogen-bond donors (Lipinski definition) is 0. The number of aromatic nitrogens is 1. The molecule has 6 rings (SSSR count). The monoisotopic (exact) mass is 380 g/mol. The summed E-state index contributed by atoms with van der Waals surface area (Å²) in [4.78, 5) is 4.21. The van der Waals surface area contributed by atoms with E-state index in [1.165, 1.54) is 37.9 Å². The molecule has 2 heteroatoms. The number of benzene rings is 5. The summed E-state index contributed by atoms with van der Waals surface area (Å²) in [5.74, 6) is 0. The van der Waals surface area contributed by atoms with E-state index >= 15 is 0 Å². The van der Waals surface area contributed by atoms with Crippen LogP contribution in [-0.2, 0) is 0 Å². The molecule has 0 bridgehead atoms. The summed E-state index contributed by atoms with van der Waals surface area (Å²) in [6.07, 6.45) is 3.40. The van der Waals surface area contributed by atoms with E-state index in [-0.39, 0.29) is 0 Å². The standard InChI is InChI=1S/C28H16N2/c29-15-18-11-26(17-30-16-18)22-6-2-5-21(12-22)25-13-23-9-7-19-3-1-4-20-8-10-24(14-25)28(23)27(19)20/h1-14,16-17H. The average Bonchev–Trinajstić information content (AvgIpc) is 2.82. The van der Waals surface area contributed by atoms with Crippen LogP contribution in [0, 0.1) is 11.3 Å². The Hall–Kier alpha value is -4.22. The highest BCUT2D eigenvalue weighted by Gasteiger charge is 2.10. The number of nitrogens with zero attached hydrogens (tertiary/aromatic N) is 2. The van der Waals surface area contributed by atoms with Crippen LogP contribution in [0.5, 0.6) is 0 Å². The molecular formula is C28H16N2. The van der Waals surface area contributed by atoms with Crippen LogP contribution in [-0.4, -0.2) is 4.98 Å². The van der Waals surface area contributed by atoms with Crippen LogP contribution in [0.2, 0.25) is 0 Å². The molecule has 2 nitrogen and oxygen atoms in total. The molecule has 0 radical (unpaired) electrons. The van der Waals surface area contributed by atoms with Gasteiger partial charge < -0.3 is 0 Å². The Morgan fingerprint density at radius 1 is 0.533 bits per heavy atom. The van der Waals surface area contributed by atoms with Crippen molar-refractivity contribution in [2.75, 3.05) is 0 Å². The molecule has 0 N–H and O–H groups in total. The predicted molar refractivity (Wildman–Crippen MR) is 124 cm³/mol. The summed E-state index contributed by atoms with van der Waals surface area (Å²) >= 11 is 0. The lowest BCUT2D eigenvalue weighted by Gasteiger charge is -2.13. The molecule has 0 spiro atoms. The maximum Gasteiger partial charge on any atom is 0.101 e. The molecule has 0 aliphatic heterocycles. The molecule has 1 heterocycles. The maximum absolute atomic E-state index is 9.18. The number of rotatable bonds is 2. The lowest BCUT2D eigenvalue weighted by atomic mass is 9.91. The van der Waals surface area contributed by atoms with Gasteiger partial charge in [-0.25, -0.2) is 0 Å². The van der Waals surface area contributed by atoms with Crippen LogP contribution in [0.25, 0.3) is 54.6 Å². The summed E-state index contributed by atoms with van der Waals surface area (Å²) in [6, 6.07) is 32.4. The normalized spacial score (nSPS) is 11.3. The van der Waals surface area contributed by atoms with Crippen molar-refractivity contribution in [1.29, 1.82) is 5.26 Å². The second-order valence-electron chi connectivity index (χ2n) is 7.66. The van der Waals surface area contributed by atoms with Crippen molar-refractivity contribution in [2.24, 2.45) is 0 Å². The topological polar surface area (TPSA) is 36.7 Å². The second-order valence-corrected chi connectivity index (χ2v) is 7.66. The van der Waals surface area contributed by atoms with Gasteiger partial charge in [-0.2, -0.15) is 5.26 Å². The van der Waals surface area contributed by atoms with Gasteiger partial charge in [0.2, 0.25) is 0 Å².